The predicted octanol–water partition coefficient (Wildman–Crippen LogP) is 3.47. The molecule has 1 fully saturated rings. The molecule has 0 aliphatic heterocycles. The minimum Gasteiger partial charge on any atom is -0.369 e. The predicted molar refractivity (Wildman–Crippen MR) is 112 cm³/mol. The zero-order chi connectivity index (χ0) is 19.2. The van der Waals surface area contributed by atoms with Crippen LogP contribution in [0.25, 0.3) is 0 Å². The van der Waals surface area contributed by atoms with Crippen molar-refractivity contribution in [3.63, 3.8) is 0 Å². The van der Waals surface area contributed by atoms with Crippen molar-refractivity contribution >= 4 is 17.5 Å². The number of nitrogens with zero attached hydrogens (tertiary/aromatic N) is 3. The van der Waals surface area contributed by atoms with Crippen LogP contribution in [0.5, 0.6) is 0 Å². The molecular weight excluding hydrogens is 336 g/mol. The summed E-state index contributed by atoms with van der Waals surface area (Å²) in [7, 11) is 6.15. The zero-order valence-electron chi connectivity index (χ0n) is 16.5. The van der Waals surface area contributed by atoms with Crippen LogP contribution in [0.3, 0.4) is 0 Å². The fourth-order valence-corrected chi connectivity index (χ4v) is 3.69. The molecule has 3 rings (SSSR count). The lowest BCUT2D eigenvalue weighted by molar-refractivity contribution is 0.198. The average molecular weight is 367 g/mol. The second-order valence-corrected chi connectivity index (χ2v) is 7.47. The number of hydrogen-bond donors (Lipinski definition) is 3. The van der Waals surface area contributed by atoms with Gasteiger partial charge in [-0.1, -0.05) is 30.3 Å². The van der Waals surface area contributed by atoms with Crippen molar-refractivity contribution in [2.75, 3.05) is 38.3 Å². The summed E-state index contributed by atoms with van der Waals surface area (Å²) in [5.41, 5.74) is 2.05. The molecule has 6 nitrogen and oxygen atoms in total. The third-order valence-corrected chi connectivity index (χ3v) is 5.45. The van der Waals surface area contributed by atoms with Gasteiger partial charge in [0.1, 0.15) is 5.82 Å². The lowest BCUT2D eigenvalue weighted by atomic mass is 9.85. The summed E-state index contributed by atoms with van der Waals surface area (Å²) in [4.78, 5) is 11.2. The van der Waals surface area contributed by atoms with Gasteiger partial charge in [-0.3, -0.25) is 5.41 Å². The highest BCUT2D eigenvalue weighted by molar-refractivity contribution is 6.13. The molecule has 0 atom stereocenters. The first-order chi connectivity index (χ1) is 13.1. The number of nitrogens with one attached hydrogen (secondary N) is 3. The van der Waals surface area contributed by atoms with E-state index in [2.05, 4.69) is 39.6 Å². The molecule has 0 unspecified atom stereocenters. The van der Waals surface area contributed by atoms with Crippen LogP contribution in [-0.4, -0.2) is 54.3 Å². The van der Waals surface area contributed by atoms with E-state index in [9.17, 15) is 0 Å². The Morgan fingerprint density at radius 2 is 1.85 bits per heavy atom. The van der Waals surface area contributed by atoms with E-state index in [1.807, 2.05) is 37.4 Å². The second kappa shape index (κ2) is 8.95. The van der Waals surface area contributed by atoms with Crippen molar-refractivity contribution in [2.24, 2.45) is 5.92 Å². The topological polar surface area (TPSA) is 76.9 Å². The van der Waals surface area contributed by atoms with Crippen LogP contribution < -0.4 is 10.6 Å². The van der Waals surface area contributed by atoms with Gasteiger partial charge in [-0.15, -0.1) is 0 Å². The highest BCUT2D eigenvalue weighted by Crippen LogP contribution is 2.27. The highest BCUT2D eigenvalue weighted by Gasteiger charge is 2.23. The molecule has 0 radical (unpaired) electrons. The van der Waals surface area contributed by atoms with E-state index in [1.165, 1.54) is 25.7 Å². The van der Waals surface area contributed by atoms with Crippen molar-refractivity contribution < 1.29 is 0 Å². The van der Waals surface area contributed by atoms with E-state index >= 15 is 0 Å². The Morgan fingerprint density at radius 3 is 2.48 bits per heavy atom. The minimum absolute atomic E-state index is 0.442. The van der Waals surface area contributed by atoms with Crippen LogP contribution >= 0.6 is 0 Å². The summed E-state index contributed by atoms with van der Waals surface area (Å²) >= 11 is 0. The van der Waals surface area contributed by atoms with Crippen LogP contribution in [0.4, 0.5) is 11.8 Å². The van der Waals surface area contributed by atoms with E-state index in [-0.39, 0.29) is 0 Å². The van der Waals surface area contributed by atoms with Gasteiger partial charge >= 0.3 is 0 Å². The molecule has 6 heteroatoms. The number of hydrogen-bond acceptors (Lipinski definition) is 6. The molecule has 2 aromatic rings. The molecule has 1 aromatic carbocycles. The molecule has 144 valence electrons. The quantitative estimate of drug-likeness (QED) is 0.654. The van der Waals surface area contributed by atoms with Crippen molar-refractivity contribution in [3.8, 4) is 0 Å². The Hall–Kier alpha value is -2.47. The van der Waals surface area contributed by atoms with Crippen molar-refractivity contribution in [3.05, 3.63) is 47.7 Å². The summed E-state index contributed by atoms with van der Waals surface area (Å²) in [6.45, 7) is 0.884. The van der Waals surface area contributed by atoms with E-state index in [0.29, 0.717) is 23.6 Å². The largest absolute Gasteiger partial charge is 0.369 e. The summed E-state index contributed by atoms with van der Waals surface area (Å²) in [6, 6.07) is 10.5. The lowest BCUT2D eigenvalue weighted by Crippen LogP contribution is -2.33. The molecule has 1 aromatic heterocycles. The normalized spacial score (nSPS) is 19.7. The monoisotopic (exact) mass is 366 g/mol. The first kappa shape index (κ1) is 19.3. The second-order valence-electron chi connectivity index (χ2n) is 7.47. The number of aromatic nitrogens is 2. The first-order valence-electron chi connectivity index (χ1n) is 9.68. The number of rotatable bonds is 7. The van der Waals surface area contributed by atoms with E-state index in [4.69, 9.17) is 5.41 Å². The van der Waals surface area contributed by atoms with Crippen LogP contribution in [0, 0.1) is 11.3 Å². The van der Waals surface area contributed by atoms with Gasteiger partial charge in [0.15, 0.2) is 0 Å². The molecule has 0 bridgehead atoms. The van der Waals surface area contributed by atoms with Gasteiger partial charge in [0.25, 0.3) is 0 Å². The fraction of sp³-hybridized carbons (Fsp3) is 0.476. The van der Waals surface area contributed by atoms with Gasteiger partial charge in [-0.05, 0) is 45.7 Å². The number of benzene rings is 1. The third-order valence-electron chi connectivity index (χ3n) is 5.45. The van der Waals surface area contributed by atoms with Crippen molar-refractivity contribution in [2.45, 2.75) is 31.7 Å². The zero-order valence-corrected chi connectivity index (χ0v) is 16.5. The maximum absolute atomic E-state index is 8.59. The standard InChI is InChI=1S/C21H30N6/c1-23-21-25-14-18(19(22)16-7-5-4-6-8-16)20(26-21)24-13-15-9-11-17(12-10-15)27(2)3/h4-8,14-15,17,22H,9-13H2,1-3H3,(H2,23,24,25,26). The SMILES string of the molecule is CNc1ncc(C(=N)c2ccccc2)c(NCC2CCC(N(C)C)CC2)n1. The molecule has 1 heterocycles. The van der Waals surface area contributed by atoms with Crippen LogP contribution in [0.2, 0.25) is 0 Å². The maximum Gasteiger partial charge on any atom is 0.224 e. The summed E-state index contributed by atoms with van der Waals surface area (Å²) in [6.07, 6.45) is 6.69. The molecule has 0 saturated heterocycles. The van der Waals surface area contributed by atoms with Gasteiger partial charge < -0.3 is 15.5 Å². The summed E-state index contributed by atoms with van der Waals surface area (Å²) in [5.74, 6) is 1.95. The highest BCUT2D eigenvalue weighted by atomic mass is 15.1. The molecule has 0 amide bonds. The molecule has 3 N–H and O–H groups in total. The van der Waals surface area contributed by atoms with Gasteiger partial charge in [-0.25, -0.2) is 4.98 Å². The Balaban J connectivity index is 1.71. The summed E-state index contributed by atoms with van der Waals surface area (Å²) in [5, 5.41) is 15.1. The summed E-state index contributed by atoms with van der Waals surface area (Å²) < 4.78 is 0. The average Bonchev–Trinajstić information content (AvgIpc) is 2.72. The van der Waals surface area contributed by atoms with Gasteiger partial charge in [0, 0.05) is 31.4 Å². The molecule has 1 saturated carbocycles. The van der Waals surface area contributed by atoms with E-state index < -0.39 is 0 Å². The van der Waals surface area contributed by atoms with Gasteiger partial charge in [0.05, 0.1) is 11.3 Å². The lowest BCUT2D eigenvalue weighted by Gasteiger charge is -2.32. The van der Waals surface area contributed by atoms with Gasteiger partial charge in [-0.2, -0.15) is 4.98 Å². The molecule has 1 aliphatic carbocycles. The van der Waals surface area contributed by atoms with Crippen molar-refractivity contribution in [1.29, 1.82) is 5.41 Å². The molecule has 0 spiro atoms. The molecule has 27 heavy (non-hydrogen) atoms. The van der Waals surface area contributed by atoms with Crippen LogP contribution in [0.1, 0.15) is 36.8 Å². The Morgan fingerprint density at radius 1 is 1.15 bits per heavy atom. The molecule has 1 aliphatic rings. The Kier molecular flexibility index (Phi) is 6.40. The Bertz CT molecular complexity index is 751. The minimum atomic E-state index is 0.442. The smallest absolute Gasteiger partial charge is 0.224 e. The van der Waals surface area contributed by atoms with Crippen molar-refractivity contribution in [1.82, 2.24) is 14.9 Å². The van der Waals surface area contributed by atoms with Gasteiger partial charge in [0.2, 0.25) is 5.95 Å². The maximum atomic E-state index is 8.59. The van der Waals surface area contributed by atoms with Crippen LogP contribution in [-0.2, 0) is 0 Å². The fourth-order valence-electron chi connectivity index (χ4n) is 3.69. The first-order valence-corrected chi connectivity index (χ1v) is 9.68. The van der Waals surface area contributed by atoms with E-state index in [1.54, 1.807) is 6.20 Å². The van der Waals surface area contributed by atoms with E-state index in [0.717, 1.165) is 23.5 Å². The Labute approximate surface area is 161 Å². The number of anilines is 2. The van der Waals surface area contributed by atoms with Crippen LogP contribution in [0.15, 0.2) is 36.5 Å². The third kappa shape index (κ3) is 4.83. The molecular formula is C21H30N6.